The van der Waals surface area contributed by atoms with Crippen LogP contribution < -0.4 is 10.6 Å². The molecule has 0 bridgehead atoms. The second kappa shape index (κ2) is 6.27. The molecule has 3 rings (SSSR count). The zero-order chi connectivity index (χ0) is 17.3. The standard InChI is InChI=1S/C16H17F3N4O/c1-10-8-14(21-15(24)11-6-7-20-9-11)23(22-10)13-5-3-2-4-12(13)16(17,18)19/h2-5,8,11,20H,6-7,9H2,1H3,(H,21,24). The number of carbonyl (C=O) groups is 1. The number of halogens is 3. The molecule has 0 aliphatic carbocycles. The number of anilines is 1. The van der Waals surface area contributed by atoms with Crippen LogP contribution in [0.3, 0.4) is 0 Å². The predicted molar refractivity (Wildman–Crippen MR) is 82.9 cm³/mol. The summed E-state index contributed by atoms with van der Waals surface area (Å²) >= 11 is 0. The van der Waals surface area contributed by atoms with Crippen LogP contribution in [0, 0.1) is 12.8 Å². The fraction of sp³-hybridized carbons (Fsp3) is 0.375. The molecule has 1 aliphatic heterocycles. The van der Waals surface area contributed by atoms with Crippen LogP contribution in [0.25, 0.3) is 5.69 Å². The first-order chi connectivity index (χ1) is 11.4. The molecule has 2 N–H and O–H groups in total. The maximum Gasteiger partial charge on any atom is 0.418 e. The minimum absolute atomic E-state index is 0.113. The van der Waals surface area contributed by atoms with E-state index < -0.39 is 11.7 Å². The zero-order valence-corrected chi connectivity index (χ0v) is 13.0. The van der Waals surface area contributed by atoms with Crippen molar-refractivity contribution in [3.63, 3.8) is 0 Å². The molecule has 1 unspecified atom stereocenters. The van der Waals surface area contributed by atoms with Crippen LogP contribution in [0.2, 0.25) is 0 Å². The molecule has 1 saturated heterocycles. The number of benzene rings is 1. The molecule has 5 nitrogen and oxygen atoms in total. The maximum atomic E-state index is 13.2. The van der Waals surface area contributed by atoms with Crippen molar-refractivity contribution < 1.29 is 18.0 Å². The van der Waals surface area contributed by atoms with Gasteiger partial charge < -0.3 is 10.6 Å². The number of alkyl halides is 3. The van der Waals surface area contributed by atoms with Crippen molar-refractivity contribution in [3.8, 4) is 5.69 Å². The van der Waals surface area contributed by atoms with Crippen LogP contribution >= 0.6 is 0 Å². The van der Waals surface area contributed by atoms with Crippen LogP contribution in [-0.4, -0.2) is 28.8 Å². The minimum Gasteiger partial charge on any atom is -0.316 e. The lowest BCUT2D eigenvalue weighted by molar-refractivity contribution is -0.137. The number of aryl methyl sites for hydroxylation is 1. The minimum atomic E-state index is -4.51. The van der Waals surface area contributed by atoms with Gasteiger partial charge in [0.2, 0.25) is 5.91 Å². The average molecular weight is 338 g/mol. The van der Waals surface area contributed by atoms with Gasteiger partial charge in [-0.25, -0.2) is 4.68 Å². The van der Waals surface area contributed by atoms with Crippen molar-refractivity contribution in [3.05, 3.63) is 41.6 Å². The Morgan fingerprint density at radius 1 is 1.38 bits per heavy atom. The van der Waals surface area contributed by atoms with Gasteiger partial charge in [-0.2, -0.15) is 18.3 Å². The fourth-order valence-electron chi connectivity index (χ4n) is 2.78. The molecular formula is C16H17F3N4O. The van der Waals surface area contributed by atoms with Crippen molar-refractivity contribution in [2.75, 3.05) is 18.4 Å². The van der Waals surface area contributed by atoms with Gasteiger partial charge in [-0.15, -0.1) is 0 Å². The molecule has 0 saturated carbocycles. The Labute approximate surface area is 136 Å². The molecule has 1 aromatic carbocycles. The molecular weight excluding hydrogens is 321 g/mol. The van der Waals surface area contributed by atoms with E-state index in [0.29, 0.717) is 18.7 Å². The van der Waals surface area contributed by atoms with Gasteiger partial charge in [-0.3, -0.25) is 4.79 Å². The molecule has 1 atom stereocenters. The van der Waals surface area contributed by atoms with Gasteiger partial charge >= 0.3 is 6.18 Å². The summed E-state index contributed by atoms with van der Waals surface area (Å²) < 4.78 is 40.9. The van der Waals surface area contributed by atoms with Gasteiger partial charge in [0.15, 0.2) is 0 Å². The summed E-state index contributed by atoms with van der Waals surface area (Å²) in [7, 11) is 0. The molecule has 1 aromatic heterocycles. The van der Waals surface area contributed by atoms with Crippen LogP contribution in [0.5, 0.6) is 0 Å². The van der Waals surface area contributed by atoms with Gasteiger partial charge in [0.05, 0.1) is 22.9 Å². The van der Waals surface area contributed by atoms with E-state index >= 15 is 0 Å². The summed E-state index contributed by atoms with van der Waals surface area (Å²) in [5.41, 5.74) is -0.393. The second-order valence-electron chi connectivity index (χ2n) is 5.78. The highest BCUT2D eigenvalue weighted by atomic mass is 19.4. The smallest absolute Gasteiger partial charge is 0.316 e. The highest BCUT2D eigenvalue weighted by molar-refractivity contribution is 5.92. The number of nitrogens with zero attached hydrogens (tertiary/aromatic N) is 2. The lowest BCUT2D eigenvalue weighted by atomic mass is 10.1. The third kappa shape index (κ3) is 3.28. The SMILES string of the molecule is Cc1cc(NC(=O)C2CCNC2)n(-c2ccccc2C(F)(F)F)n1. The van der Waals surface area contributed by atoms with E-state index in [2.05, 4.69) is 15.7 Å². The van der Waals surface area contributed by atoms with Crippen LogP contribution in [0.4, 0.5) is 19.0 Å². The number of rotatable bonds is 3. The Hall–Kier alpha value is -2.35. The molecule has 0 radical (unpaired) electrons. The molecule has 2 aromatic rings. The molecule has 1 fully saturated rings. The number of para-hydroxylation sites is 1. The van der Waals surface area contributed by atoms with Crippen molar-refractivity contribution in [2.45, 2.75) is 19.5 Å². The van der Waals surface area contributed by atoms with Gasteiger partial charge in [0.25, 0.3) is 0 Å². The first-order valence-electron chi connectivity index (χ1n) is 7.61. The quantitative estimate of drug-likeness (QED) is 0.905. The number of hydrogen-bond acceptors (Lipinski definition) is 3. The summed E-state index contributed by atoms with van der Waals surface area (Å²) in [6.45, 7) is 2.99. The summed E-state index contributed by atoms with van der Waals surface area (Å²) in [5, 5.41) is 9.91. The van der Waals surface area contributed by atoms with Crippen LogP contribution in [-0.2, 0) is 11.0 Å². The van der Waals surface area contributed by atoms with Gasteiger partial charge in [0, 0.05) is 12.6 Å². The second-order valence-corrected chi connectivity index (χ2v) is 5.78. The van der Waals surface area contributed by atoms with E-state index in [0.717, 1.165) is 17.3 Å². The highest BCUT2D eigenvalue weighted by Crippen LogP contribution is 2.34. The molecule has 1 amide bonds. The normalized spacial score (nSPS) is 17.9. The Kier molecular flexibility index (Phi) is 4.31. The third-order valence-corrected chi connectivity index (χ3v) is 3.95. The summed E-state index contributed by atoms with van der Waals surface area (Å²) in [4.78, 5) is 12.3. The van der Waals surface area contributed by atoms with E-state index in [-0.39, 0.29) is 23.3 Å². The lowest BCUT2D eigenvalue weighted by Crippen LogP contribution is -2.26. The summed E-state index contributed by atoms with van der Waals surface area (Å²) in [6.07, 6.45) is -3.80. The number of aromatic nitrogens is 2. The Morgan fingerprint density at radius 3 is 2.79 bits per heavy atom. The summed E-state index contributed by atoms with van der Waals surface area (Å²) in [6, 6.07) is 6.73. The molecule has 1 aliphatic rings. The van der Waals surface area contributed by atoms with Gasteiger partial charge in [0.1, 0.15) is 5.82 Å². The van der Waals surface area contributed by atoms with Crippen molar-refractivity contribution >= 4 is 11.7 Å². The largest absolute Gasteiger partial charge is 0.418 e. The average Bonchev–Trinajstić information content (AvgIpc) is 3.16. The van der Waals surface area contributed by atoms with Crippen molar-refractivity contribution in [1.82, 2.24) is 15.1 Å². The van der Waals surface area contributed by atoms with Crippen LogP contribution in [0.1, 0.15) is 17.7 Å². The maximum absolute atomic E-state index is 13.2. The highest BCUT2D eigenvalue weighted by Gasteiger charge is 2.34. The van der Waals surface area contributed by atoms with Crippen molar-refractivity contribution in [1.29, 1.82) is 0 Å². The van der Waals surface area contributed by atoms with Gasteiger partial charge in [-0.05, 0) is 32.0 Å². The number of hydrogen-bond donors (Lipinski definition) is 2. The monoisotopic (exact) mass is 338 g/mol. The number of amides is 1. The van der Waals surface area contributed by atoms with Gasteiger partial charge in [-0.1, -0.05) is 12.1 Å². The molecule has 128 valence electrons. The number of carbonyl (C=O) groups excluding carboxylic acids is 1. The Morgan fingerprint density at radius 2 is 2.12 bits per heavy atom. The lowest BCUT2D eigenvalue weighted by Gasteiger charge is -2.16. The Bertz CT molecular complexity index is 748. The van der Waals surface area contributed by atoms with E-state index in [1.165, 1.54) is 18.2 Å². The van der Waals surface area contributed by atoms with E-state index in [1.54, 1.807) is 13.0 Å². The summed E-state index contributed by atoms with van der Waals surface area (Å²) in [5.74, 6) is -0.168. The zero-order valence-electron chi connectivity index (χ0n) is 13.0. The molecule has 2 heterocycles. The number of nitrogens with one attached hydrogen (secondary N) is 2. The molecule has 24 heavy (non-hydrogen) atoms. The van der Waals surface area contributed by atoms with E-state index in [4.69, 9.17) is 0 Å². The van der Waals surface area contributed by atoms with Crippen LogP contribution in [0.15, 0.2) is 30.3 Å². The molecule has 0 spiro atoms. The van der Waals surface area contributed by atoms with E-state index in [9.17, 15) is 18.0 Å². The third-order valence-electron chi connectivity index (χ3n) is 3.95. The van der Waals surface area contributed by atoms with E-state index in [1.807, 2.05) is 0 Å². The fourth-order valence-corrected chi connectivity index (χ4v) is 2.78. The topological polar surface area (TPSA) is 59.0 Å². The first kappa shape index (κ1) is 16.5. The van der Waals surface area contributed by atoms with Crippen molar-refractivity contribution in [2.24, 2.45) is 5.92 Å². The Balaban J connectivity index is 1.97. The predicted octanol–water partition coefficient (Wildman–Crippen LogP) is 2.75. The first-order valence-corrected chi connectivity index (χ1v) is 7.61. The molecule has 8 heteroatoms.